The van der Waals surface area contributed by atoms with Crippen molar-refractivity contribution in [1.82, 2.24) is 4.98 Å². The normalized spacial score (nSPS) is 11.2. The van der Waals surface area contributed by atoms with Crippen molar-refractivity contribution in [2.75, 3.05) is 6.54 Å². The minimum Gasteiger partial charge on any atom is -0.446 e. The first-order valence-electron chi connectivity index (χ1n) is 4.78. The average Bonchev–Trinajstić information content (AvgIpc) is 2.31. The van der Waals surface area contributed by atoms with Gasteiger partial charge in [0, 0.05) is 13.0 Å². The quantitative estimate of drug-likeness (QED) is 0.770. The van der Waals surface area contributed by atoms with Gasteiger partial charge < -0.3 is 10.2 Å². The maximum atomic E-state index is 5.46. The third kappa shape index (κ3) is 2.84. The monoisotopic (exact) mass is 182 g/mol. The molecule has 0 amide bonds. The highest BCUT2D eigenvalue weighted by Crippen LogP contribution is 2.14. The van der Waals surface area contributed by atoms with Crippen LogP contribution in [0.2, 0.25) is 0 Å². The Morgan fingerprint density at radius 1 is 1.46 bits per heavy atom. The van der Waals surface area contributed by atoms with Crippen LogP contribution in [-0.2, 0) is 12.8 Å². The van der Waals surface area contributed by atoms with Gasteiger partial charge in [0.05, 0.1) is 5.69 Å². The topological polar surface area (TPSA) is 52.0 Å². The molecule has 3 heteroatoms. The summed E-state index contributed by atoms with van der Waals surface area (Å²) in [4.78, 5) is 4.39. The van der Waals surface area contributed by atoms with E-state index >= 15 is 0 Å². The molecule has 0 aromatic carbocycles. The third-order valence-electron chi connectivity index (χ3n) is 1.90. The van der Waals surface area contributed by atoms with E-state index in [-0.39, 0.29) is 0 Å². The van der Waals surface area contributed by atoms with E-state index in [0.29, 0.717) is 12.5 Å². The molecule has 0 aliphatic rings. The van der Waals surface area contributed by atoms with Crippen molar-refractivity contribution in [2.45, 2.75) is 33.6 Å². The summed E-state index contributed by atoms with van der Waals surface area (Å²) >= 11 is 0. The number of hydrogen-bond acceptors (Lipinski definition) is 3. The number of nitrogens with two attached hydrogens (primary N) is 1. The summed E-state index contributed by atoms with van der Waals surface area (Å²) in [5.74, 6) is 2.34. The van der Waals surface area contributed by atoms with Crippen LogP contribution in [0.5, 0.6) is 0 Å². The highest BCUT2D eigenvalue weighted by atomic mass is 16.4. The Hall–Kier alpha value is -0.830. The Balaban J connectivity index is 2.71. The molecule has 74 valence electrons. The van der Waals surface area contributed by atoms with Gasteiger partial charge in [0.2, 0.25) is 0 Å². The van der Waals surface area contributed by atoms with Gasteiger partial charge in [-0.25, -0.2) is 4.98 Å². The van der Waals surface area contributed by atoms with Gasteiger partial charge in [-0.15, -0.1) is 0 Å². The fraction of sp³-hybridized carbons (Fsp3) is 0.700. The fourth-order valence-electron chi connectivity index (χ4n) is 1.29. The zero-order chi connectivity index (χ0) is 9.84. The molecule has 1 rings (SSSR count). The lowest BCUT2D eigenvalue weighted by Gasteiger charge is -1.99. The van der Waals surface area contributed by atoms with E-state index in [1.807, 2.05) is 6.92 Å². The molecule has 1 aromatic heterocycles. The Labute approximate surface area is 79.3 Å². The molecule has 0 aliphatic carbocycles. The lowest BCUT2D eigenvalue weighted by molar-refractivity contribution is 0.470. The molecule has 3 nitrogen and oxygen atoms in total. The second-order valence-corrected chi connectivity index (χ2v) is 3.75. The maximum Gasteiger partial charge on any atom is 0.195 e. The highest BCUT2D eigenvalue weighted by Gasteiger charge is 2.09. The second-order valence-electron chi connectivity index (χ2n) is 3.75. The van der Waals surface area contributed by atoms with Gasteiger partial charge >= 0.3 is 0 Å². The molecule has 0 saturated carbocycles. The lowest BCUT2D eigenvalue weighted by Crippen LogP contribution is -2.03. The zero-order valence-corrected chi connectivity index (χ0v) is 8.63. The first-order valence-corrected chi connectivity index (χ1v) is 4.78. The van der Waals surface area contributed by atoms with Crippen LogP contribution in [0.1, 0.15) is 31.2 Å². The van der Waals surface area contributed by atoms with Crippen molar-refractivity contribution in [2.24, 2.45) is 11.7 Å². The molecule has 0 atom stereocenters. The smallest absolute Gasteiger partial charge is 0.195 e. The summed E-state index contributed by atoms with van der Waals surface area (Å²) in [6.45, 7) is 6.92. The summed E-state index contributed by atoms with van der Waals surface area (Å²) in [6.07, 6.45) is 1.72. The van der Waals surface area contributed by atoms with E-state index in [9.17, 15) is 0 Å². The van der Waals surface area contributed by atoms with Crippen molar-refractivity contribution in [3.63, 3.8) is 0 Å². The van der Waals surface area contributed by atoms with Crippen LogP contribution in [0.15, 0.2) is 4.42 Å². The van der Waals surface area contributed by atoms with Crippen molar-refractivity contribution >= 4 is 0 Å². The molecule has 13 heavy (non-hydrogen) atoms. The number of aryl methyl sites for hydroxylation is 1. The summed E-state index contributed by atoms with van der Waals surface area (Å²) in [7, 11) is 0. The SMILES string of the molecule is Cc1oc(CCN)nc1CC(C)C. The predicted molar refractivity (Wildman–Crippen MR) is 52.5 cm³/mol. The molecule has 0 aliphatic heterocycles. The second kappa shape index (κ2) is 4.42. The number of rotatable bonds is 4. The van der Waals surface area contributed by atoms with Crippen LogP contribution in [0.25, 0.3) is 0 Å². The Kier molecular flexibility index (Phi) is 3.48. The molecule has 2 N–H and O–H groups in total. The van der Waals surface area contributed by atoms with E-state index in [4.69, 9.17) is 10.2 Å². The zero-order valence-electron chi connectivity index (χ0n) is 8.63. The number of aromatic nitrogens is 1. The van der Waals surface area contributed by atoms with Gasteiger partial charge in [-0.1, -0.05) is 13.8 Å². The van der Waals surface area contributed by atoms with Gasteiger partial charge in [0.15, 0.2) is 5.89 Å². The summed E-state index contributed by atoms with van der Waals surface area (Å²) in [5.41, 5.74) is 6.50. The van der Waals surface area contributed by atoms with Crippen molar-refractivity contribution < 1.29 is 4.42 Å². The molecular weight excluding hydrogens is 164 g/mol. The van der Waals surface area contributed by atoms with Crippen LogP contribution in [-0.4, -0.2) is 11.5 Å². The van der Waals surface area contributed by atoms with Gasteiger partial charge in [-0.3, -0.25) is 0 Å². The average molecular weight is 182 g/mol. The van der Waals surface area contributed by atoms with Gasteiger partial charge in [0.25, 0.3) is 0 Å². The van der Waals surface area contributed by atoms with E-state index < -0.39 is 0 Å². The Morgan fingerprint density at radius 3 is 2.69 bits per heavy atom. The van der Waals surface area contributed by atoms with Crippen LogP contribution in [0.4, 0.5) is 0 Å². The number of hydrogen-bond donors (Lipinski definition) is 1. The van der Waals surface area contributed by atoms with Gasteiger partial charge in [-0.2, -0.15) is 0 Å². The summed E-state index contributed by atoms with van der Waals surface area (Å²) in [5, 5.41) is 0. The Morgan fingerprint density at radius 2 is 2.15 bits per heavy atom. The fourth-order valence-corrected chi connectivity index (χ4v) is 1.29. The van der Waals surface area contributed by atoms with Gasteiger partial charge in [-0.05, 0) is 19.3 Å². The first kappa shape index (κ1) is 10.3. The lowest BCUT2D eigenvalue weighted by atomic mass is 10.1. The summed E-state index contributed by atoms with van der Waals surface area (Å²) in [6, 6.07) is 0. The van der Waals surface area contributed by atoms with E-state index in [1.54, 1.807) is 0 Å². The van der Waals surface area contributed by atoms with Crippen LogP contribution >= 0.6 is 0 Å². The molecule has 0 unspecified atom stereocenters. The number of nitrogens with zero attached hydrogens (tertiary/aromatic N) is 1. The van der Waals surface area contributed by atoms with E-state index in [1.165, 1.54) is 0 Å². The minimum absolute atomic E-state index is 0.598. The molecule has 1 heterocycles. The molecule has 0 radical (unpaired) electrons. The largest absolute Gasteiger partial charge is 0.446 e. The van der Waals surface area contributed by atoms with Crippen LogP contribution in [0.3, 0.4) is 0 Å². The van der Waals surface area contributed by atoms with E-state index in [0.717, 1.165) is 30.2 Å². The Bertz CT molecular complexity index is 266. The third-order valence-corrected chi connectivity index (χ3v) is 1.90. The highest BCUT2D eigenvalue weighted by molar-refractivity contribution is 5.08. The molecule has 0 fully saturated rings. The molecule has 1 aromatic rings. The molecule has 0 spiro atoms. The first-order chi connectivity index (χ1) is 6.13. The standard InChI is InChI=1S/C10H18N2O/c1-7(2)6-9-8(3)13-10(12-9)4-5-11/h7H,4-6,11H2,1-3H3. The van der Waals surface area contributed by atoms with Crippen molar-refractivity contribution in [1.29, 1.82) is 0 Å². The minimum atomic E-state index is 0.598. The van der Waals surface area contributed by atoms with Crippen LogP contribution in [0, 0.1) is 12.8 Å². The molecule has 0 bridgehead atoms. The van der Waals surface area contributed by atoms with E-state index in [2.05, 4.69) is 18.8 Å². The van der Waals surface area contributed by atoms with Gasteiger partial charge in [0.1, 0.15) is 5.76 Å². The van der Waals surface area contributed by atoms with Crippen molar-refractivity contribution in [3.05, 3.63) is 17.3 Å². The molecular formula is C10H18N2O. The molecule has 0 saturated heterocycles. The van der Waals surface area contributed by atoms with Crippen molar-refractivity contribution in [3.8, 4) is 0 Å². The summed E-state index contributed by atoms with van der Waals surface area (Å²) < 4.78 is 5.46. The number of oxazole rings is 1. The maximum absolute atomic E-state index is 5.46. The van der Waals surface area contributed by atoms with Crippen LogP contribution < -0.4 is 5.73 Å². The predicted octanol–water partition coefficient (Wildman–Crippen LogP) is 1.68.